The quantitative estimate of drug-likeness (QED) is 0.582. The Balaban J connectivity index is 1.59. The van der Waals surface area contributed by atoms with E-state index in [9.17, 15) is 9.50 Å². The summed E-state index contributed by atoms with van der Waals surface area (Å²) in [5, 5.41) is 17.5. The monoisotopic (exact) mass is 477 g/mol. The van der Waals surface area contributed by atoms with Crippen molar-refractivity contribution in [3.8, 4) is 0 Å². The van der Waals surface area contributed by atoms with Gasteiger partial charge in [0.2, 0.25) is 5.95 Å². The molecule has 1 fully saturated rings. The molecule has 1 aliphatic carbocycles. The maximum atomic E-state index is 13.6. The van der Waals surface area contributed by atoms with Gasteiger partial charge in [0.15, 0.2) is 5.84 Å². The molecule has 0 bridgehead atoms. The van der Waals surface area contributed by atoms with Crippen LogP contribution in [0.5, 0.6) is 0 Å². The Morgan fingerprint density at radius 3 is 2.80 bits per heavy atom. The molecule has 0 radical (unpaired) electrons. The molecule has 0 spiro atoms. The number of oxime groups is 1. The maximum Gasteiger partial charge on any atom is 0.220 e. The largest absolute Gasteiger partial charge is 0.394 e. The number of nitrogens with one attached hydrogen (secondary N) is 1. The van der Waals surface area contributed by atoms with Crippen LogP contribution in [0, 0.1) is 18.7 Å². The van der Waals surface area contributed by atoms with E-state index >= 15 is 0 Å². The zero-order valence-corrected chi connectivity index (χ0v) is 18.3. The van der Waals surface area contributed by atoms with Crippen molar-refractivity contribution in [2.45, 2.75) is 51.2 Å². The third-order valence-corrected chi connectivity index (χ3v) is 6.43. The van der Waals surface area contributed by atoms with Gasteiger partial charge in [-0.1, -0.05) is 27.2 Å². The minimum absolute atomic E-state index is 0.173. The fourth-order valence-electron chi connectivity index (χ4n) is 4.16. The van der Waals surface area contributed by atoms with E-state index < -0.39 is 0 Å². The van der Waals surface area contributed by atoms with Crippen molar-refractivity contribution in [2.24, 2.45) is 11.1 Å². The van der Waals surface area contributed by atoms with Crippen molar-refractivity contribution in [1.29, 1.82) is 0 Å². The van der Waals surface area contributed by atoms with E-state index in [0.717, 1.165) is 48.2 Å². The molecule has 1 atom stereocenters. The Bertz CT molecular complexity index is 963. The highest BCUT2D eigenvalue weighted by molar-refractivity contribution is 9.10. The summed E-state index contributed by atoms with van der Waals surface area (Å²) in [7, 11) is 0. The lowest BCUT2D eigenvalue weighted by Gasteiger charge is -2.29. The molecular weight excluding hydrogens is 453 g/mol. The zero-order chi connectivity index (χ0) is 21.3. The number of hydrogen-bond donors (Lipinski definition) is 3. The number of nitrogens with two attached hydrogens (primary N) is 1. The summed E-state index contributed by atoms with van der Waals surface area (Å²) >= 11 is 3.45. The van der Waals surface area contributed by atoms with E-state index in [-0.39, 0.29) is 23.9 Å². The van der Waals surface area contributed by atoms with Crippen LogP contribution in [-0.2, 0) is 11.3 Å². The van der Waals surface area contributed by atoms with E-state index in [2.05, 4.69) is 36.4 Å². The summed E-state index contributed by atoms with van der Waals surface area (Å²) in [6.07, 6.45) is 3.84. The Morgan fingerprint density at radius 1 is 1.30 bits per heavy atom. The molecule has 0 saturated heterocycles. The molecule has 0 amide bonds. The molecule has 0 unspecified atom stereocenters. The van der Waals surface area contributed by atoms with Crippen LogP contribution in [0.1, 0.15) is 54.2 Å². The molecule has 9 heteroatoms. The number of fused-ring (bicyclic) bond motifs is 1. The van der Waals surface area contributed by atoms with Crippen molar-refractivity contribution in [1.82, 2.24) is 15.3 Å². The zero-order valence-electron chi connectivity index (χ0n) is 16.7. The number of hydrogen-bond acceptors (Lipinski definition) is 6. The fourth-order valence-corrected chi connectivity index (χ4v) is 4.78. The van der Waals surface area contributed by atoms with Gasteiger partial charge in [-0.15, -0.1) is 0 Å². The van der Waals surface area contributed by atoms with Gasteiger partial charge in [-0.2, -0.15) is 0 Å². The first kappa shape index (κ1) is 21.0. The molecule has 1 aromatic carbocycles. The van der Waals surface area contributed by atoms with Gasteiger partial charge < -0.3 is 21.0 Å². The highest BCUT2D eigenvalue weighted by Gasteiger charge is 2.30. The topological polar surface area (TPSA) is 106 Å². The molecule has 160 valence electrons. The average molecular weight is 478 g/mol. The van der Waals surface area contributed by atoms with Gasteiger partial charge in [0, 0.05) is 10.9 Å². The molecule has 2 aliphatic rings. The lowest BCUT2D eigenvalue weighted by molar-refractivity contribution is 0.0538. The van der Waals surface area contributed by atoms with Gasteiger partial charge >= 0.3 is 0 Å². The standard InChI is InChI=1S/C21H25BrFN5O2/c1-11-19-18(27-21(24)25-11)9-17(15-7-4-13(23)8-16(15)22)26-20(19)28-30-10-12-2-5-14(29)6-3-12/h4,7-8,12,14,17,29H,2-3,5-6,9-10H2,1H3,(H,26,28)(H2,24,25,27)/t12?,14?,17-/m1/s1. The number of halogens is 2. The Labute approximate surface area is 183 Å². The van der Waals surface area contributed by atoms with Crippen LogP contribution < -0.4 is 11.1 Å². The van der Waals surface area contributed by atoms with Gasteiger partial charge in [-0.25, -0.2) is 14.4 Å². The number of nitrogens with zero attached hydrogens (tertiary/aromatic N) is 3. The minimum atomic E-state index is -0.306. The summed E-state index contributed by atoms with van der Waals surface area (Å²) in [6.45, 7) is 2.36. The number of benzene rings is 1. The summed E-state index contributed by atoms with van der Waals surface area (Å²) in [5.74, 6) is 0.836. The van der Waals surface area contributed by atoms with E-state index in [0.29, 0.717) is 29.3 Å². The molecule has 7 nitrogen and oxygen atoms in total. The van der Waals surface area contributed by atoms with Gasteiger partial charge in [0.25, 0.3) is 0 Å². The third kappa shape index (κ3) is 4.57. The van der Waals surface area contributed by atoms with E-state index in [1.165, 1.54) is 12.1 Å². The SMILES string of the molecule is Cc1nc(N)nc2c1/C(=N/OCC1CCC(O)CC1)N[C@@H](c1ccc(F)cc1Br)C2. The smallest absolute Gasteiger partial charge is 0.220 e. The number of aliphatic hydroxyl groups is 1. The van der Waals surface area contributed by atoms with Crippen molar-refractivity contribution in [3.05, 3.63) is 51.0 Å². The molecule has 4 rings (SSSR count). The van der Waals surface area contributed by atoms with E-state index in [1.807, 2.05) is 6.92 Å². The highest BCUT2D eigenvalue weighted by atomic mass is 79.9. The van der Waals surface area contributed by atoms with Crippen LogP contribution in [0.3, 0.4) is 0 Å². The Morgan fingerprint density at radius 2 is 2.07 bits per heavy atom. The second-order valence-electron chi connectivity index (χ2n) is 7.97. The van der Waals surface area contributed by atoms with Crippen molar-refractivity contribution >= 4 is 27.7 Å². The van der Waals surface area contributed by atoms with Gasteiger partial charge in [0.05, 0.1) is 29.1 Å². The predicted molar refractivity (Wildman–Crippen MR) is 115 cm³/mol. The molecule has 1 saturated carbocycles. The van der Waals surface area contributed by atoms with Crippen LogP contribution in [0.2, 0.25) is 0 Å². The predicted octanol–water partition coefficient (Wildman–Crippen LogP) is 3.39. The molecule has 30 heavy (non-hydrogen) atoms. The molecule has 1 aliphatic heterocycles. The van der Waals surface area contributed by atoms with Crippen LogP contribution in [0.15, 0.2) is 27.8 Å². The number of aliphatic hydroxyl groups excluding tert-OH is 1. The van der Waals surface area contributed by atoms with Gasteiger partial charge in [-0.05, 0) is 56.2 Å². The summed E-state index contributed by atoms with van der Waals surface area (Å²) in [4.78, 5) is 14.4. The lowest BCUT2D eigenvalue weighted by atomic mass is 9.88. The van der Waals surface area contributed by atoms with Crippen LogP contribution in [0.25, 0.3) is 0 Å². The maximum absolute atomic E-state index is 13.6. The second-order valence-corrected chi connectivity index (χ2v) is 8.82. The Hall–Kier alpha value is -2.26. The van der Waals surface area contributed by atoms with Gasteiger partial charge in [-0.3, -0.25) is 0 Å². The van der Waals surface area contributed by atoms with E-state index in [1.54, 1.807) is 6.07 Å². The number of aryl methyl sites for hydroxylation is 1. The average Bonchev–Trinajstić information content (AvgIpc) is 2.68. The Kier molecular flexibility index (Phi) is 6.19. The van der Waals surface area contributed by atoms with Crippen LogP contribution in [-0.4, -0.2) is 33.6 Å². The normalized spacial score (nSPS) is 24.9. The lowest BCUT2D eigenvalue weighted by Crippen LogP contribution is -2.38. The number of rotatable bonds is 4. The molecule has 2 heterocycles. The van der Waals surface area contributed by atoms with Crippen molar-refractivity contribution < 1.29 is 14.3 Å². The number of anilines is 1. The number of amidine groups is 1. The van der Waals surface area contributed by atoms with Crippen LogP contribution in [0.4, 0.5) is 10.3 Å². The molecule has 1 aromatic heterocycles. The molecule has 4 N–H and O–H groups in total. The second kappa shape index (κ2) is 8.85. The first-order chi connectivity index (χ1) is 14.4. The first-order valence-electron chi connectivity index (χ1n) is 10.1. The van der Waals surface area contributed by atoms with E-state index in [4.69, 9.17) is 10.6 Å². The molecule has 2 aromatic rings. The summed E-state index contributed by atoms with van der Waals surface area (Å²) < 4.78 is 14.2. The summed E-state index contributed by atoms with van der Waals surface area (Å²) in [5.41, 5.74) is 9.07. The minimum Gasteiger partial charge on any atom is -0.394 e. The third-order valence-electron chi connectivity index (χ3n) is 5.75. The number of aromatic nitrogens is 2. The van der Waals surface area contributed by atoms with Crippen LogP contribution >= 0.6 is 15.9 Å². The van der Waals surface area contributed by atoms with Crippen molar-refractivity contribution in [2.75, 3.05) is 12.3 Å². The van der Waals surface area contributed by atoms with Gasteiger partial charge in [0.1, 0.15) is 12.4 Å². The molecular formula is C21H25BrFN5O2. The highest BCUT2D eigenvalue weighted by Crippen LogP contribution is 2.32. The first-order valence-corrected chi connectivity index (χ1v) is 10.9. The summed E-state index contributed by atoms with van der Waals surface area (Å²) in [6, 6.07) is 4.44. The fraction of sp³-hybridized carbons (Fsp3) is 0.476. The van der Waals surface area contributed by atoms with Crippen molar-refractivity contribution in [3.63, 3.8) is 0 Å². The number of nitrogen functional groups attached to an aromatic ring is 1.